The molecule has 1 aliphatic rings. The molecule has 1 aromatic carbocycles. The molecule has 18 heavy (non-hydrogen) atoms. The summed E-state index contributed by atoms with van der Waals surface area (Å²) in [6.07, 6.45) is 4.72. The minimum Gasteiger partial charge on any atom is -0.362 e. The fraction of sp³-hybridized carbons (Fsp3) is 0.231. The van der Waals surface area contributed by atoms with Crippen LogP contribution in [0.25, 0.3) is 0 Å². The van der Waals surface area contributed by atoms with Crippen molar-refractivity contribution in [3.8, 4) is 0 Å². The molecule has 3 rings (SSSR count). The molecule has 2 aromatic rings. The van der Waals surface area contributed by atoms with Gasteiger partial charge in [0, 0.05) is 41.2 Å². The third-order valence-corrected chi connectivity index (χ3v) is 3.70. The number of fused-ring (bicyclic) bond motifs is 1. The van der Waals surface area contributed by atoms with Crippen LogP contribution in [0.15, 0.2) is 35.1 Å². The molecular weight excluding hydrogens is 294 g/mol. The van der Waals surface area contributed by atoms with E-state index in [0.717, 1.165) is 47.5 Å². The SMILES string of the molecule is O=Cc1ccc(Br)cc1N1CCn2ccnc2C1. The quantitative estimate of drug-likeness (QED) is 0.800. The molecule has 0 N–H and O–H groups in total. The van der Waals surface area contributed by atoms with Gasteiger partial charge in [0.2, 0.25) is 0 Å². The van der Waals surface area contributed by atoms with E-state index in [1.54, 1.807) is 0 Å². The van der Waals surface area contributed by atoms with E-state index in [0.29, 0.717) is 0 Å². The zero-order chi connectivity index (χ0) is 12.5. The molecule has 0 bridgehead atoms. The summed E-state index contributed by atoms with van der Waals surface area (Å²) in [5.74, 6) is 1.04. The van der Waals surface area contributed by atoms with Crippen LogP contribution in [-0.4, -0.2) is 22.4 Å². The van der Waals surface area contributed by atoms with Gasteiger partial charge in [0.05, 0.1) is 6.54 Å². The maximum atomic E-state index is 11.1. The van der Waals surface area contributed by atoms with Crippen LogP contribution >= 0.6 is 15.9 Å². The van der Waals surface area contributed by atoms with E-state index in [4.69, 9.17) is 0 Å². The summed E-state index contributed by atoms with van der Waals surface area (Å²) in [5, 5.41) is 0. The number of hydrogen-bond donors (Lipinski definition) is 0. The first-order chi connectivity index (χ1) is 8.78. The van der Waals surface area contributed by atoms with Crippen molar-refractivity contribution < 1.29 is 4.79 Å². The topological polar surface area (TPSA) is 38.1 Å². The molecule has 1 aliphatic heterocycles. The molecule has 0 unspecified atom stereocenters. The van der Waals surface area contributed by atoms with E-state index >= 15 is 0 Å². The Balaban J connectivity index is 1.97. The lowest BCUT2D eigenvalue weighted by Crippen LogP contribution is -2.34. The highest BCUT2D eigenvalue weighted by atomic mass is 79.9. The normalized spacial score (nSPS) is 14.4. The van der Waals surface area contributed by atoms with Crippen LogP contribution in [0.1, 0.15) is 16.2 Å². The predicted octanol–water partition coefficient (Wildman–Crippen LogP) is 2.48. The Kier molecular flexibility index (Phi) is 2.91. The summed E-state index contributed by atoms with van der Waals surface area (Å²) in [6, 6.07) is 5.72. The highest BCUT2D eigenvalue weighted by Crippen LogP contribution is 2.27. The smallest absolute Gasteiger partial charge is 0.152 e. The number of aromatic nitrogens is 2. The van der Waals surface area contributed by atoms with Crippen molar-refractivity contribution >= 4 is 27.9 Å². The number of aldehydes is 1. The van der Waals surface area contributed by atoms with Crippen molar-refractivity contribution in [1.29, 1.82) is 0 Å². The third kappa shape index (κ3) is 1.95. The molecule has 0 saturated carbocycles. The first kappa shape index (κ1) is 11.5. The van der Waals surface area contributed by atoms with Crippen molar-refractivity contribution in [2.24, 2.45) is 0 Å². The number of nitrogens with zero attached hydrogens (tertiary/aromatic N) is 3. The number of rotatable bonds is 2. The first-order valence-electron chi connectivity index (χ1n) is 5.77. The number of carbonyl (C=O) groups is 1. The molecule has 0 saturated heterocycles. The van der Waals surface area contributed by atoms with Crippen molar-refractivity contribution in [1.82, 2.24) is 9.55 Å². The summed E-state index contributed by atoms with van der Waals surface area (Å²) in [5.41, 5.74) is 1.69. The van der Waals surface area contributed by atoms with Crippen molar-refractivity contribution in [3.05, 3.63) is 46.5 Å². The molecule has 1 aromatic heterocycles. The molecule has 0 atom stereocenters. The largest absolute Gasteiger partial charge is 0.362 e. The second-order valence-corrected chi connectivity index (χ2v) is 5.20. The Bertz CT molecular complexity index is 594. The highest BCUT2D eigenvalue weighted by molar-refractivity contribution is 9.10. The van der Waals surface area contributed by atoms with Crippen LogP contribution in [0.3, 0.4) is 0 Å². The zero-order valence-electron chi connectivity index (χ0n) is 9.71. The van der Waals surface area contributed by atoms with Gasteiger partial charge in [-0.25, -0.2) is 4.98 Å². The van der Waals surface area contributed by atoms with Crippen LogP contribution in [0.2, 0.25) is 0 Å². The number of imidazole rings is 1. The summed E-state index contributed by atoms with van der Waals surface area (Å²) in [6.45, 7) is 2.53. The van der Waals surface area contributed by atoms with Gasteiger partial charge in [-0.3, -0.25) is 4.79 Å². The second-order valence-electron chi connectivity index (χ2n) is 4.28. The van der Waals surface area contributed by atoms with Crippen LogP contribution in [0.4, 0.5) is 5.69 Å². The highest BCUT2D eigenvalue weighted by Gasteiger charge is 2.19. The molecule has 2 heterocycles. The number of halogens is 1. The lowest BCUT2D eigenvalue weighted by atomic mass is 10.1. The Labute approximate surface area is 113 Å². The maximum absolute atomic E-state index is 11.1. The number of carbonyl (C=O) groups excluding carboxylic acids is 1. The van der Waals surface area contributed by atoms with E-state index in [1.807, 2.05) is 30.6 Å². The molecule has 0 fully saturated rings. The zero-order valence-corrected chi connectivity index (χ0v) is 11.3. The minimum absolute atomic E-state index is 0.721. The summed E-state index contributed by atoms with van der Waals surface area (Å²) in [7, 11) is 0. The van der Waals surface area contributed by atoms with Gasteiger partial charge in [-0.2, -0.15) is 0 Å². The molecule has 5 heteroatoms. The van der Waals surface area contributed by atoms with E-state index in [2.05, 4.69) is 30.4 Å². The number of anilines is 1. The van der Waals surface area contributed by atoms with Gasteiger partial charge in [-0.15, -0.1) is 0 Å². The molecule has 92 valence electrons. The van der Waals surface area contributed by atoms with E-state index in [9.17, 15) is 4.79 Å². The van der Waals surface area contributed by atoms with Crippen LogP contribution in [-0.2, 0) is 13.1 Å². The van der Waals surface area contributed by atoms with Gasteiger partial charge in [0.25, 0.3) is 0 Å². The predicted molar refractivity (Wildman–Crippen MR) is 72.8 cm³/mol. The van der Waals surface area contributed by atoms with Gasteiger partial charge >= 0.3 is 0 Å². The van der Waals surface area contributed by atoms with Gasteiger partial charge in [0.15, 0.2) is 6.29 Å². The maximum Gasteiger partial charge on any atom is 0.152 e. The third-order valence-electron chi connectivity index (χ3n) is 3.20. The van der Waals surface area contributed by atoms with Crippen molar-refractivity contribution in [3.63, 3.8) is 0 Å². The molecule has 4 nitrogen and oxygen atoms in total. The number of benzene rings is 1. The van der Waals surface area contributed by atoms with Gasteiger partial charge in [-0.1, -0.05) is 15.9 Å². The molecule has 0 spiro atoms. The first-order valence-corrected chi connectivity index (χ1v) is 6.57. The Morgan fingerprint density at radius 2 is 2.22 bits per heavy atom. The average molecular weight is 306 g/mol. The Morgan fingerprint density at radius 1 is 1.33 bits per heavy atom. The van der Waals surface area contributed by atoms with Crippen LogP contribution in [0, 0.1) is 0 Å². The standard InChI is InChI=1S/C13H12BrN3O/c14-11-2-1-10(9-18)12(7-11)17-6-5-16-4-3-15-13(16)8-17/h1-4,7,9H,5-6,8H2. The van der Waals surface area contributed by atoms with Crippen LogP contribution in [0.5, 0.6) is 0 Å². The van der Waals surface area contributed by atoms with E-state index in [1.165, 1.54) is 0 Å². The van der Waals surface area contributed by atoms with Gasteiger partial charge in [-0.05, 0) is 18.2 Å². The minimum atomic E-state index is 0.721. The van der Waals surface area contributed by atoms with Gasteiger partial charge in [0.1, 0.15) is 5.82 Å². The molecule has 0 radical (unpaired) electrons. The lowest BCUT2D eigenvalue weighted by molar-refractivity contribution is 0.112. The fourth-order valence-corrected chi connectivity index (χ4v) is 2.62. The van der Waals surface area contributed by atoms with Crippen LogP contribution < -0.4 is 4.90 Å². The van der Waals surface area contributed by atoms with Crippen molar-refractivity contribution in [2.45, 2.75) is 13.1 Å². The van der Waals surface area contributed by atoms with E-state index < -0.39 is 0 Å². The monoisotopic (exact) mass is 305 g/mol. The lowest BCUT2D eigenvalue weighted by Gasteiger charge is -2.30. The Morgan fingerprint density at radius 3 is 3.06 bits per heavy atom. The summed E-state index contributed by atoms with van der Waals surface area (Å²) < 4.78 is 3.13. The van der Waals surface area contributed by atoms with E-state index in [-0.39, 0.29) is 0 Å². The fourth-order valence-electron chi connectivity index (χ4n) is 2.27. The summed E-state index contributed by atoms with van der Waals surface area (Å²) in [4.78, 5) is 17.6. The van der Waals surface area contributed by atoms with Gasteiger partial charge < -0.3 is 9.47 Å². The van der Waals surface area contributed by atoms with Crippen molar-refractivity contribution in [2.75, 3.05) is 11.4 Å². The molecule has 0 amide bonds. The summed E-state index contributed by atoms with van der Waals surface area (Å²) >= 11 is 3.45. The Hall–Kier alpha value is -1.62. The number of hydrogen-bond acceptors (Lipinski definition) is 3. The average Bonchev–Trinajstić information content (AvgIpc) is 2.85. The second kappa shape index (κ2) is 4.57. The molecule has 0 aliphatic carbocycles. The molecular formula is C13H12BrN3O.